The molecular formula is C21H20ClF5N4O2S. The van der Waals surface area contributed by atoms with Crippen molar-refractivity contribution in [2.45, 2.75) is 19.1 Å². The molecule has 1 aliphatic rings. The second kappa shape index (κ2) is 9.95. The first-order chi connectivity index (χ1) is 15.9. The molecule has 0 bridgehead atoms. The van der Waals surface area contributed by atoms with Crippen LogP contribution in [-0.4, -0.2) is 60.0 Å². The number of thioether (sulfide) groups is 1. The zero-order chi connectivity index (χ0) is 25.4. The number of nitrogens with zero attached hydrogens (tertiary/aromatic N) is 4. The standard InChI is InChI=1S/C21H20ClF5N4O2S/c1-11-8-12(21(25,26)27)9-16(28-11)31-15(10-30(20(31)33)6-7-34-3)19(32)29(2)14-5-4-13(23)17(22)18(14)24/h4-5,8-9,15H,6-7,10H2,1-3H3. The Morgan fingerprint density at radius 2 is 1.97 bits per heavy atom. The summed E-state index contributed by atoms with van der Waals surface area (Å²) in [5, 5.41) is -0.812. The van der Waals surface area contributed by atoms with Crippen LogP contribution in [0.5, 0.6) is 0 Å². The first-order valence-electron chi connectivity index (χ1n) is 9.90. The summed E-state index contributed by atoms with van der Waals surface area (Å²) in [6.45, 7) is 1.42. The van der Waals surface area contributed by atoms with Gasteiger partial charge in [-0.05, 0) is 37.4 Å². The Morgan fingerprint density at radius 3 is 2.59 bits per heavy atom. The number of likely N-dealkylation sites (N-methyl/N-ethyl adjacent to an activating group) is 1. The number of anilines is 2. The van der Waals surface area contributed by atoms with E-state index in [9.17, 15) is 31.5 Å². The van der Waals surface area contributed by atoms with Gasteiger partial charge in [0.15, 0.2) is 5.82 Å². The van der Waals surface area contributed by atoms with Crippen molar-refractivity contribution in [1.82, 2.24) is 9.88 Å². The molecule has 1 fully saturated rings. The number of aromatic nitrogens is 1. The van der Waals surface area contributed by atoms with Gasteiger partial charge in [-0.15, -0.1) is 0 Å². The van der Waals surface area contributed by atoms with Crippen molar-refractivity contribution < 1.29 is 31.5 Å². The molecule has 3 rings (SSSR count). The Bertz CT molecular complexity index is 1120. The number of benzene rings is 1. The van der Waals surface area contributed by atoms with Gasteiger partial charge in [-0.2, -0.15) is 24.9 Å². The van der Waals surface area contributed by atoms with Crippen molar-refractivity contribution in [3.05, 3.63) is 52.2 Å². The molecule has 0 aliphatic carbocycles. The van der Waals surface area contributed by atoms with Crippen molar-refractivity contribution in [2.75, 3.05) is 41.9 Å². The molecule has 13 heteroatoms. The number of hydrogen-bond acceptors (Lipinski definition) is 4. The zero-order valence-electron chi connectivity index (χ0n) is 18.3. The Morgan fingerprint density at radius 1 is 1.29 bits per heavy atom. The van der Waals surface area contributed by atoms with E-state index in [4.69, 9.17) is 11.6 Å². The van der Waals surface area contributed by atoms with Crippen molar-refractivity contribution >= 4 is 46.8 Å². The third-order valence-corrected chi connectivity index (χ3v) is 6.19. The van der Waals surface area contributed by atoms with Gasteiger partial charge < -0.3 is 9.80 Å². The van der Waals surface area contributed by atoms with Gasteiger partial charge in [0.1, 0.15) is 22.7 Å². The lowest BCUT2D eigenvalue weighted by molar-refractivity contribution is -0.137. The van der Waals surface area contributed by atoms with E-state index in [-0.39, 0.29) is 30.3 Å². The van der Waals surface area contributed by atoms with Crippen molar-refractivity contribution in [3.8, 4) is 0 Å². The fourth-order valence-electron chi connectivity index (χ4n) is 3.54. The van der Waals surface area contributed by atoms with Crippen molar-refractivity contribution in [1.29, 1.82) is 0 Å². The minimum Gasteiger partial charge on any atom is -0.321 e. The molecule has 2 heterocycles. The number of pyridine rings is 1. The molecule has 0 saturated carbocycles. The topological polar surface area (TPSA) is 56.8 Å². The molecule has 34 heavy (non-hydrogen) atoms. The molecule has 2 aromatic rings. The number of urea groups is 1. The minimum absolute atomic E-state index is 0.00361. The van der Waals surface area contributed by atoms with E-state index in [0.717, 1.165) is 28.0 Å². The average molecular weight is 523 g/mol. The monoisotopic (exact) mass is 522 g/mol. The Balaban J connectivity index is 2.05. The number of halogens is 6. The van der Waals surface area contributed by atoms with Crippen LogP contribution in [0.2, 0.25) is 5.02 Å². The molecule has 0 radical (unpaired) electrons. The molecular weight excluding hydrogens is 503 g/mol. The zero-order valence-corrected chi connectivity index (χ0v) is 19.9. The molecule has 1 aromatic heterocycles. The summed E-state index contributed by atoms with van der Waals surface area (Å²) < 4.78 is 68.3. The highest BCUT2D eigenvalue weighted by Gasteiger charge is 2.45. The fraction of sp³-hybridized carbons (Fsp3) is 0.381. The number of rotatable bonds is 6. The number of hydrogen-bond donors (Lipinski definition) is 0. The Kier molecular flexibility index (Phi) is 7.61. The summed E-state index contributed by atoms with van der Waals surface area (Å²) in [6, 6.07) is 1.40. The molecule has 1 aliphatic heterocycles. The van der Waals surface area contributed by atoms with Crippen LogP contribution >= 0.6 is 23.4 Å². The van der Waals surface area contributed by atoms with Gasteiger partial charge in [0.25, 0.3) is 5.91 Å². The van der Waals surface area contributed by atoms with E-state index in [1.165, 1.54) is 30.6 Å². The second-order valence-electron chi connectivity index (χ2n) is 7.55. The van der Waals surface area contributed by atoms with Gasteiger partial charge >= 0.3 is 12.2 Å². The van der Waals surface area contributed by atoms with Crippen LogP contribution in [0.3, 0.4) is 0 Å². The summed E-state index contributed by atoms with van der Waals surface area (Å²) in [6.07, 6.45) is -2.89. The van der Waals surface area contributed by atoms with Gasteiger partial charge in [-0.1, -0.05) is 11.6 Å². The van der Waals surface area contributed by atoms with E-state index in [1.807, 2.05) is 6.26 Å². The highest BCUT2D eigenvalue weighted by molar-refractivity contribution is 7.98. The summed E-state index contributed by atoms with van der Waals surface area (Å²) >= 11 is 7.06. The smallest absolute Gasteiger partial charge is 0.321 e. The second-order valence-corrected chi connectivity index (χ2v) is 8.92. The van der Waals surface area contributed by atoms with Crippen LogP contribution < -0.4 is 9.80 Å². The maximum absolute atomic E-state index is 14.5. The Hall–Kier alpha value is -2.60. The van der Waals surface area contributed by atoms with Crippen LogP contribution in [0.1, 0.15) is 11.3 Å². The summed E-state index contributed by atoms with van der Waals surface area (Å²) in [5.41, 5.74) is -1.38. The van der Waals surface area contributed by atoms with E-state index < -0.39 is 46.4 Å². The van der Waals surface area contributed by atoms with Gasteiger partial charge in [0.2, 0.25) is 0 Å². The lowest BCUT2D eigenvalue weighted by Gasteiger charge is -2.27. The maximum Gasteiger partial charge on any atom is 0.416 e. The molecule has 1 aromatic carbocycles. The largest absolute Gasteiger partial charge is 0.416 e. The van der Waals surface area contributed by atoms with Crippen molar-refractivity contribution in [2.24, 2.45) is 0 Å². The third kappa shape index (κ3) is 5.07. The van der Waals surface area contributed by atoms with E-state index in [1.54, 1.807) is 0 Å². The molecule has 0 N–H and O–H groups in total. The first-order valence-corrected chi connectivity index (χ1v) is 11.7. The maximum atomic E-state index is 14.5. The average Bonchev–Trinajstić information content (AvgIpc) is 3.10. The van der Waals surface area contributed by atoms with Crippen LogP contribution in [0, 0.1) is 18.6 Å². The minimum atomic E-state index is -4.70. The highest BCUT2D eigenvalue weighted by Crippen LogP contribution is 2.34. The van der Waals surface area contributed by atoms with Crippen LogP contribution in [0.25, 0.3) is 0 Å². The first kappa shape index (κ1) is 26.0. The lowest BCUT2D eigenvalue weighted by Crippen LogP contribution is -2.47. The molecule has 184 valence electrons. The number of aryl methyl sites for hydroxylation is 1. The molecule has 1 saturated heterocycles. The number of amides is 3. The predicted molar refractivity (Wildman–Crippen MR) is 120 cm³/mol. The summed E-state index contributed by atoms with van der Waals surface area (Å²) in [5.74, 6) is -2.84. The van der Waals surface area contributed by atoms with Crippen molar-refractivity contribution in [3.63, 3.8) is 0 Å². The highest BCUT2D eigenvalue weighted by atomic mass is 35.5. The normalized spacial score (nSPS) is 16.4. The number of carbonyl (C=O) groups excluding carboxylic acids is 2. The van der Waals surface area contributed by atoms with Gasteiger partial charge in [0, 0.05) is 25.0 Å². The molecule has 1 unspecified atom stereocenters. The molecule has 0 spiro atoms. The fourth-order valence-corrected chi connectivity index (χ4v) is 4.11. The number of alkyl halides is 3. The van der Waals surface area contributed by atoms with Gasteiger partial charge in [-0.3, -0.25) is 9.69 Å². The van der Waals surface area contributed by atoms with Gasteiger partial charge in [0.05, 0.1) is 17.8 Å². The molecule has 1 atom stereocenters. The lowest BCUT2D eigenvalue weighted by atomic mass is 10.1. The van der Waals surface area contributed by atoms with Crippen LogP contribution in [0.4, 0.5) is 38.3 Å². The van der Waals surface area contributed by atoms with E-state index in [2.05, 4.69) is 4.98 Å². The third-order valence-electron chi connectivity index (χ3n) is 5.25. The predicted octanol–water partition coefficient (Wildman–Crippen LogP) is 4.98. The van der Waals surface area contributed by atoms with E-state index in [0.29, 0.717) is 11.8 Å². The van der Waals surface area contributed by atoms with Gasteiger partial charge in [-0.25, -0.2) is 18.6 Å². The SMILES string of the molecule is CSCCN1CC(C(=O)N(C)c2ccc(F)c(Cl)c2F)N(c2cc(C(F)(F)F)cc(C)n2)C1=O. The summed E-state index contributed by atoms with van der Waals surface area (Å²) in [4.78, 5) is 33.6. The summed E-state index contributed by atoms with van der Waals surface area (Å²) in [7, 11) is 1.20. The quantitative estimate of drug-likeness (QED) is 0.397. The van der Waals surface area contributed by atoms with Crippen LogP contribution in [0.15, 0.2) is 24.3 Å². The van der Waals surface area contributed by atoms with Crippen LogP contribution in [-0.2, 0) is 11.0 Å². The Labute approximate surface area is 201 Å². The number of carbonyl (C=O) groups is 2. The molecule has 6 nitrogen and oxygen atoms in total. The molecule has 3 amide bonds. The van der Waals surface area contributed by atoms with E-state index >= 15 is 0 Å².